The highest BCUT2D eigenvalue weighted by molar-refractivity contribution is 8.01. The summed E-state index contributed by atoms with van der Waals surface area (Å²) in [6.07, 6.45) is 1.36. The number of nitrogens with one attached hydrogen (secondary N) is 1. The minimum absolute atomic E-state index is 0.106. The van der Waals surface area contributed by atoms with E-state index < -0.39 is 29.2 Å². The fourth-order valence-corrected chi connectivity index (χ4v) is 6.85. The van der Waals surface area contributed by atoms with E-state index in [0.717, 1.165) is 11.3 Å². The average molecular weight is 578 g/mol. The second kappa shape index (κ2) is 10.5. The van der Waals surface area contributed by atoms with Gasteiger partial charge in [0.15, 0.2) is 10.8 Å². The molecule has 0 saturated carbocycles. The molecule has 0 aliphatic carbocycles. The molecule has 5 heterocycles. The maximum atomic E-state index is 13.1. The number of carbonyl (C=O) groups excluding carboxylic acids is 2. The van der Waals surface area contributed by atoms with Crippen LogP contribution in [0.15, 0.2) is 39.2 Å². The average Bonchev–Trinajstić information content (AvgIpc) is 3.56. The molecule has 3 aromatic heterocycles. The van der Waals surface area contributed by atoms with Crippen molar-refractivity contribution >= 4 is 69.3 Å². The number of rotatable bonds is 9. The first kappa shape index (κ1) is 25.7. The number of hydrogen-bond acceptors (Lipinski definition) is 14. The number of carboxylic acid groups (broad SMARTS) is 1. The minimum atomic E-state index is -1.23. The van der Waals surface area contributed by atoms with Gasteiger partial charge in [0.05, 0.1) is 7.11 Å². The van der Waals surface area contributed by atoms with Gasteiger partial charge in [-0.15, -0.1) is 34.9 Å². The summed E-state index contributed by atoms with van der Waals surface area (Å²) in [5, 5.41) is 22.3. The SMILES string of the molecule is CO/N=C(\C(=O)N[C@@H]1C(=O)N2C(C(=O)O)=C(CSc3cc(OC)nc4ncnn34)CS[C@H]12)c1csc(N)n1. The van der Waals surface area contributed by atoms with Gasteiger partial charge in [0.25, 0.3) is 17.6 Å². The van der Waals surface area contributed by atoms with Gasteiger partial charge in [0.2, 0.25) is 5.88 Å². The molecule has 1 fully saturated rings. The fourth-order valence-electron chi connectivity index (χ4n) is 3.83. The predicted octanol–water partition coefficient (Wildman–Crippen LogP) is 0.0530. The minimum Gasteiger partial charge on any atom is -0.481 e. The number of carbonyl (C=O) groups is 3. The zero-order valence-corrected chi connectivity index (χ0v) is 22.2. The van der Waals surface area contributed by atoms with Gasteiger partial charge in [-0.2, -0.15) is 19.6 Å². The van der Waals surface area contributed by atoms with Crippen molar-refractivity contribution in [3.05, 3.63) is 34.7 Å². The summed E-state index contributed by atoms with van der Waals surface area (Å²) in [7, 11) is 2.75. The van der Waals surface area contributed by atoms with E-state index in [0.29, 0.717) is 28.0 Å². The number of thioether (sulfide) groups is 2. The number of β-lactam (4-membered cyclic amide) rings is 1. The van der Waals surface area contributed by atoms with Gasteiger partial charge in [0, 0.05) is 23.0 Å². The topological polar surface area (TPSA) is 200 Å². The number of hydrogen-bond donors (Lipinski definition) is 3. The molecule has 0 radical (unpaired) electrons. The van der Waals surface area contributed by atoms with E-state index >= 15 is 0 Å². The number of aromatic nitrogens is 5. The summed E-state index contributed by atoms with van der Waals surface area (Å²) in [5.41, 5.74) is 6.15. The van der Waals surface area contributed by atoms with Gasteiger partial charge in [0.1, 0.15) is 41.3 Å². The van der Waals surface area contributed by atoms with Crippen LogP contribution in [0.5, 0.6) is 5.88 Å². The Labute approximate surface area is 226 Å². The number of carboxylic acids is 1. The second-order valence-corrected chi connectivity index (χ2v) is 10.7. The number of fused-ring (bicyclic) bond motifs is 2. The van der Waals surface area contributed by atoms with Crippen LogP contribution in [-0.4, -0.2) is 95.2 Å². The molecule has 2 amide bonds. The van der Waals surface area contributed by atoms with E-state index in [4.69, 9.17) is 15.3 Å². The Morgan fingerprint density at radius 1 is 1.37 bits per heavy atom. The molecule has 2 atom stereocenters. The van der Waals surface area contributed by atoms with E-state index in [9.17, 15) is 19.5 Å². The van der Waals surface area contributed by atoms with Crippen LogP contribution in [0.2, 0.25) is 0 Å². The van der Waals surface area contributed by atoms with E-state index in [2.05, 4.69) is 30.5 Å². The molecule has 0 aromatic carbocycles. The van der Waals surface area contributed by atoms with E-state index in [1.54, 1.807) is 6.07 Å². The van der Waals surface area contributed by atoms with Gasteiger partial charge < -0.3 is 25.7 Å². The maximum Gasteiger partial charge on any atom is 0.352 e. The smallest absolute Gasteiger partial charge is 0.352 e. The molecule has 4 N–H and O–H groups in total. The lowest BCUT2D eigenvalue weighted by Crippen LogP contribution is -2.71. The third kappa shape index (κ3) is 4.61. The lowest BCUT2D eigenvalue weighted by Gasteiger charge is -2.49. The molecule has 5 rings (SSSR count). The normalized spacial score (nSPS) is 19.3. The number of ether oxygens (including phenoxy) is 1. The van der Waals surface area contributed by atoms with Crippen molar-refractivity contribution in [2.45, 2.75) is 16.4 Å². The van der Waals surface area contributed by atoms with Crippen molar-refractivity contribution in [2.75, 3.05) is 31.5 Å². The summed E-state index contributed by atoms with van der Waals surface area (Å²) in [6.45, 7) is 0. The number of thiazole rings is 1. The molecule has 2 aliphatic rings. The Bertz CT molecular complexity index is 1500. The number of aliphatic carboxylic acids is 1. The molecule has 18 heteroatoms. The molecule has 0 spiro atoms. The lowest BCUT2D eigenvalue weighted by molar-refractivity contribution is -0.150. The number of amides is 2. The first-order valence-corrected chi connectivity index (χ1v) is 13.6. The van der Waals surface area contributed by atoms with E-state index in [1.807, 2.05) is 0 Å². The molecule has 15 nitrogen and oxygen atoms in total. The second-order valence-electron chi connectivity index (χ2n) is 7.71. The lowest BCUT2D eigenvalue weighted by atomic mass is 10.0. The number of nitrogen functional groups attached to an aromatic ring is 1. The summed E-state index contributed by atoms with van der Waals surface area (Å²) in [5.74, 6) is -1.20. The third-order valence-corrected chi connectivity index (χ3v) is 8.59. The van der Waals surface area contributed by atoms with Crippen LogP contribution in [0.3, 0.4) is 0 Å². The molecule has 1 saturated heterocycles. The van der Waals surface area contributed by atoms with Gasteiger partial charge >= 0.3 is 5.97 Å². The largest absolute Gasteiger partial charge is 0.481 e. The Morgan fingerprint density at radius 3 is 2.87 bits per heavy atom. The number of methoxy groups -OCH3 is 1. The summed E-state index contributed by atoms with van der Waals surface area (Å²) < 4.78 is 6.73. The summed E-state index contributed by atoms with van der Waals surface area (Å²) >= 11 is 3.78. The van der Waals surface area contributed by atoms with Crippen LogP contribution in [0.25, 0.3) is 5.78 Å². The number of oxime groups is 1. The highest BCUT2D eigenvalue weighted by atomic mass is 32.2. The fraction of sp³-hybridized carbons (Fsp3) is 0.300. The predicted molar refractivity (Wildman–Crippen MR) is 138 cm³/mol. The highest BCUT2D eigenvalue weighted by Gasteiger charge is 2.54. The Morgan fingerprint density at radius 2 is 2.18 bits per heavy atom. The van der Waals surface area contributed by atoms with Crippen molar-refractivity contribution in [3.8, 4) is 5.88 Å². The molecule has 0 unspecified atom stereocenters. The van der Waals surface area contributed by atoms with Crippen LogP contribution >= 0.6 is 34.9 Å². The molecular formula is C20H19N9O6S3. The van der Waals surface area contributed by atoms with Crippen LogP contribution < -0.4 is 15.8 Å². The zero-order chi connectivity index (χ0) is 27.0. The van der Waals surface area contributed by atoms with Crippen LogP contribution in [0, 0.1) is 0 Å². The number of nitrogens with zero attached hydrogens (tertiary/aromatic N) is 7. The first-order valence-electron chi connectivity index (χ1n) is 10.7. The summed E-state index contributed by atoms with van der Waals surface area (Å²) in [6, 6.07) is 0.718. The third-order valence-electron chi connectivity index (χ3n) is 5.50. The van der Waals surface area contributed by atoms with Crippen LogP contribution in [0.1, 0.15) is 5.69 Å². The molecule has 38 heavy (non-hydrogen) atoms. The molecule has 3 aromatic rings. The van der Waals surface area contributed by atoms with Crippen LogP contribution in [0.4, 0.5) is 5.13 Å². The van der Waals surface area contributed by atoms with E-state index in [1.165, 1.54) is 58.9 Å². The van der Waals surface area contributed by atoms with Gasteiger partial charge in [-0.3, -0.25) is 14.5 Å². The summed E-state index contributed by atoms with van der Waals surface area (Å²) in [4.78, 5) is 56.4. The number of nitrogens with two attached hydrogens (primary N) is 1. The Kier molecular flexibility index (Phi) is 7.09. The zero-order valence-electron chi connectivity index (χ0n) is 19.7. The van der Waals surface area contributed by atoms with Crippen molar-refractivity contribution in [2.24, 2.45) is 5.16 Å². The molecule has 0 bridgehead atoms. The van der Waals surface area contributed by atoms with Crippen molar-refractivity contribution in [1.82, 2.24) is 34.8 Å². The van der Waals surface area contributed by atoms with Gasteiger partial charge in [-0.1, -0.05) is 5.16 Å². The quantitative estimate of drug-likeness (QED) is 0.101. The molecule has 198 valence electrons. The van der Waals surface area contributed by atoms with E-state index in [-0.39, 0.29) is 28.0 Å². The standard InChI is InChI=1S/C20H19N9O6S3/c1-34-10-3-11(29-20(25-10)22-7-23-29)36-4-8-5-37-17-13(16(31)28(17)14(8)18(32)33)26-15(30)12(27-35-2)9-6-38-19(21)24-9/h3,6-7,13,17H,4-5H2,1-2H3,(H2,21,24)(H,26,30)(H,32,33)/b27-12-/t13-,17-/m1/s1. The molecular weight excluding hydrogens is 558 g/mol. The van der Waals surface area contributed by atoms with Crippen molar-refractivity contribution in [1.29, 1.82) is 0 Å². The van der Waals surface area contributed by atoms with Crippen LogP contribution in [-0.2, 0) is 19.2 Å². The maximum absolute atomic E-state index is 13.1. The molecule has 2 aliphatic heterocycles. The van der Waals surface area contributed by atoms with Crippen molar-refractivity contribution in [3.63, 3.8) is 0 Å². The van der Waals surface area contributed by atoms with Crippen molar-refractivity contribution < 1.29 is 29.1 Å². The van der Waals surface area contributed by atoms with Gasteiger partial charge in [-0.25, -0.2) is 9.78 Å². The van der Waals surface area contributed by atoms with Gasteiger partial charge in [-0.05, 0) is 5.57 Å². The Balaban J connectivity index is 1.33. The first-order chi connectivity index (χ1) is 18.3. The highest BCUT2D eigenvalue weighted by Crippen LogP contribution is 2.41. The number of anilines is 1. The Hall–Kier alpha value is -3.90. The monoisotopic (exact) mass is 577 g/mol.